The van der Waals surface area contributed by atoms with Crippen molar-refractivity contribution in [1.29, 1.82) is 0 Å². The van der Waals surface area contributed by atoms with Gasteiger partial charge in [-0.25, -0.2) is 14.2 Å². The first-order chi connectivity index (χ1) is 13.1. The van der Waals surface area contributed by atoms with Gasteiger partial charge in [0, 0.05) is 30.2 Å². The predicted molar refractivity (Wildman–Crippen MR) is 100 cm³/mol. The number of rotatable bonds is 5. The Labute approximate surface area is 154 Å². The van der Waals surface area contributed by atoms with Gasteiger partial charge in [-0.3, -0.25) is 9.20 Å². The molecule has 4 rings (SSSR count). The van der Waals surface area contributed by atoms with Crippen LogP contribution in [0.4, 0.5) is 0 Å². The molecular formula is C19H18N6O2. The summed E-state index contributed by atoms with van der Waals surface area (Å²) in [6.45, 7) is 2.58. The second kappa shape index (κ2) is 6.91. The van der Waals surface area contributed by atoms with Crippen LogP contribution in [0.15, 0.2) is 65.7 Å². The van der Waals surface area contributed by atoms with E-state index in [0.717, 1.165) is 11.4 Å². The van der Waals surface area contributed by atoms with Crippen molar-refractivity contribution in [2.45, 2.75) is 13.5 Å². The van der Waals surface area contributed by atoms with Gasteiger partial charge in [-0.15, -0.1) is 5.10 Å². The standard InChI is InChI=1S/C19H18N6O2/c1-14-9-10-21-25(14)16-7-5-15(6-8-16)18(26)20-11-13-24-19(27)23-12-3-2-4-17(23)22-24/h2-10,12H,11,13H2,1H3,(H,20,26). The molecule has 0 radical (unpaired) electrons. The zero-order chi connectivity index (χ0) is 18.8. The molecule has 8 nitrogen and oxygen atoms in total. The molecule has 1 N–H and O–H groups in total. The van der Waals surface area contributed by atoms with Crippen LogP contribution in [0.5, 0.6) is 0 Å². The largest absolute Gasteiger partial charge is 0.350 e. The van der Waals surface area contributed by atoms with Crippen molar-refractivity contribution >= 4 is 11.6 Å². The van der Waals surface area contributed by atoms with Gasteiger partial charge < -0.3 is 5.32 Å². The van der Waals surface area contributed by atoms with Gasteiger partial charge in [-0.2, -0.15) is 5.10 Å². The van der Waals surface area contributed by atoms with Crippen molar-refractivity contribution in [3.63, 3.8) is 0 Å². The highest BCUT2D eigenvalue weighted by Gasteiger charge is 2.09. The summed E-state index contributed by atoms with van der Waals surface area (Å²) in [5.74, 6) is -0.199. The van der Waals surface area contributed by atoms with Crippen molar-refractivity contribution in [1.82, 2.24) is 29.3 Å². The number of aryl methyl sites for hydroxylation is 1. The number of benzene rings is 1. The molecule has 0 fully saturated rings. The van der Waals surface area contributed by atoms with Crippen LogP contribution in [-0.2, 0) is 6.54 Å². The summed E-state index contributed by atoms with van der Waals surface area (Å²) >= 11 is 0. The molecule has 1 aromatic carbocycles. The lowest BCUT2D eigenvalue weighted by atomic mass is 10.2. The van der Waals surface area contributed by atoms with Crippen molar-refractivity contribution in [2.24, 2.45) is 0 Å². The van der Waals surface area contributed by atoms with Gasteiger partial charge in [0.15, 0.2) is 5.65 Å². The number of amides is 1. The van der Waals surface area contributed by atoms with E-state index in [4.69, 9.17) is 0 Å². The predicted octanol–water partition coefficient (Wildman–Crippen LogP) is 1.42. The van der Waals surface area contributed by atoms with Crippen LogP contribution in [0.1, 0.15) is 16.1 Å². The van der Waals surface area contributed by atoms with Crippen molar-refractivity contribution < 1.29 is 4.79 Å². The Morgan fingerprint density at radius 3 is 2.63 bits per heavy atom. The number of carbonyl (C=O) groups is 1. The van der Waals surface area contributed by atoms with Crippen LogP contribution in [-0.4, -0.2) is 36.4 Å². The zero-order valence-electron chi connectivity index (χ0n) is 14.7. The maximum atomic E-state index is 12.3. The lowest BCUT2D eigenvalue weighted by Gasteiger charge is -2.07. The van der Waals surface area contributed by atoms with Gasteiger partial charge >= 0.3 is 5.69 Å². The SMILES string of the molecule is Cc1ccnn1-c1ccc(C(=O)NCCn2nc3ccccn3c2=O)cc1. The molecule has 1 amide bonds. The monoisotopic (exact) mass is 362 g/mol. The quantitative estimate of drug-likeness (QED) is 0.582. The molecular weight excluding hydrogens is 344 g/mol. The number of nitrogens with zero attached hydrogens (tertiary/aromatic N) is 5. The fraction of sp³-hybridized carbons (Fsp3) is 0.158. The summed E-state index contributed by atoms with van der Waals surface area (Å²) in [5, 5.41) is 11.3. The molecule has 27 heavy (non-hydrogen) atoms. The molecule has 0 unspecified atom stereocenters. The highest BCUT2D eigenvalue weighted by Crippen LogP contribution is 2.11. The molecule has 0 aliphatic rings. The van der Waals surface area contributed by atoms with Crippen LogP contribution < -0.4 is 11.0 Å². The first-order valence-corrected chi connectivity index (χ1v) is 8.57. The van der Waals surface area contributed by atoms with E-state index in [1.54, 1.807) is 41.3 Å². The minimum absolute atomic E-state index is 0.199. The maximum Gasteiger partial charge on any atom is 0.350 e. The van der Waals surface area contributed by atoms with Gasteiger partial charge in [-0.1, -0.05) is 6.07 Å². The molecule has 136 valence electrons. The first kappa shape index (κ1) is 16.8. The highest BCUT2D eigenvalue weighted by atomic mass is 16.2. The minimum atomic E-state index is -0.223. The van der Waals surface area contributed by atoms with Crippen molar-refractivity contribution in [2.75, 3.05) is 6.54 Å². The van der Waals surface area contributed by atoms with E-state index in [9.17, 15) is 9.59 Å². The number of nitrogens with one attached hydrogen (secondary N) is 1. The number of aromatic nitrogens is 5. The average molecular weight is 362 g/mol. The van der Waals surface area contributed by atoms with Crippen LogP contribution in [0.25, 0.3) is 11.3 Å². The van der Waals surface area contributed by atoms with Crippen LogP contribution >= 0.6 is 0 Å². The van der Waals surface area contributed by atoms with E-state index in [-0.39, 0.29) is 11.6 Å². The molecule has 3 heterocycles. The van der Waals surface area contributed by atoms with E-state index in [1.165, 1.54) is 9.08 Å². The zero-order valence-corrected chi connectivity index (χ0v) is 14.7. The Bertz CT molecular complexity index is 1150. The fourth-order valence-corrected chi connectivity index (χ4v) is 2.89. The van der Waals surface area contributed by atoms with E-state index >= 15 is 0 Å². The molecule has 0 aliphatic heterocycles. The molecule has 0 bridgehead atoms. The van der Waals surface area contributed by atoms with Gasteiger partial charge in [0.25, 0.3) is 5.91 Å². The first-order valence-electron chi connectivity index (χ1n) is 8.57. The summed E-state index contributed by atoms with van der Waals surface area (Å²) in [5.41, 5.74) is 2.82. The van der Waals surface area contributed by atoms with E-state index in [0.29, 0.717) is 24.3 Å². The van der Waals surface area contributed by atoms with Gasteiger partial charge in [-0.05, 0) is 49.4 Å². The summed E-state index contributed by atoms with van der Waals surface area (Å²) in [6.07, 6.45) is 3.40. The molecule has 3 aromatic heterocycles. The molecule has 0 spiro atoms. The van der Waals surface area contributed by atoms with Crippen molar-refractivity contribution in [3.8, 4) is 5.69 Å². The summed E-state index contributed by atoms with van der Waals surface area (Å²) in [4.78, 5) is 24.5. The molecule has 4 aromatic rings. The Morgan fingerprint density at radius 1 is 1.11 bits per heavy atom. The Kier molecular flexibility index (Phi) is 4.29. The summed E-state index contributed by atoms with van der Waals surface area (Å²) in [7, 11) is 0. The third-order valence-corrected chi connectivity index (χ3v) is 4.30. The Morgan fingerprint density at radius 2 is 1.93 bits per heavy atom. The molecule has 8 heteroatoms. The van der Waals surface area contributed by atoms with Gasteiger partial charge in [0.05, 0.1) is 12.2 Å². The molecule has 0 aliphatic carbocycles. The second-order valence-electron chi connectivity index (χ2n) is 6.12. The Balaban J connectivity index is 1.40. The van der Waals surface area contributed by atoms with Crippen LogP contribution in [0.2, 0.25) is 0 Å². The van der Waals surface area contributed by atoms with E-state index < -0.39 is 0 Å². The maximum absolute atomic E-state index is 12.3. The molecule has 0 atom stereocenters. The number of fused-ring (bicyclic) bond motifs is 1. The number of hydrogen-bond donors (Lipinski definition) is 1. The van der Waals surface area contributed by atoms with Crippen LogP contribution in [0.3, 0.4) is 0 Å². The van der Waals surface area contributed by atoms with Crippen molar-refractivity contribution in [3.05, 3.63) is 82.7 Å². The second-order valence-corrected chi connectivity index (χ2v) is 6.12. The topological polar surface area (TPSA) is 86.2 Å². The minimum Gasteiger partial charge on any atom is -0.350 e. The summed E-state index contributed by atoms with van der Waals surface area (Å²) < 4.78 is 4.62. The third kappa shape index (κ3) is 3.24. The fourth-order valence-electron chi connectivity index (χ4n) is 2.89. The number of pyridine rings is 1. The number of carbonyl (C=O) groups excluding carboxylic acids is 1. The lowest BCUT2D eigenvalue weighted by Crippen LogP contribution is -2.31. The third-order valence-electron chi connectivity index (χ3n) is 4.30. The van der Waals surface area contributed by atoms with Gasteiger partial charge in [0.1, 0.15) is 0 Å². The highest BCUT2D eigenvalue weighted by molar-refractivity contribution is 5.94. The van der Waals surface area contributed by atoms with Gasteiger partial charge in [0.2, 0.25) is 0 Å². The average Bonchev–Trinajstić information content (AvgIpc) is 3.26. The lowest BCUT2D eigenvalue weighted by molar-refractivity contribution is 0.0952. The Hall–Kier alpha value is -3.68. The van der Waals surface area contributed by atoms with Crippen LogP contribution in [0, 0.1) is 6.92 Å². The number of hydrogen-bond acceptors (Lipinski definition) is 4. The molecule has 0 saturated heterocycles. The van der Waals surface area contributed by atoms with E-state index in [1.807, 2.05) is 31.2 Å². The normalized spacial score (nSPS) is 11.0. The summed E-state index contributed by atoms with van der Waals surface area (Å²) in [6, 6.07) is 14.5. The van der Waals surface area contributed by atoms with E-state index in [2.05, 4.69) is 15.5 Å². The molecule has 0 saturated carbocycles. The smallest absolute Gasteiger partial charge is 0.350 e.